The molecule has 0 N–H and O–H groups in total. The molecule has 0 aliphatic rings. The summed E-state index contributed by atoms with van der Waals surface area (Å²) in [5, 5.41) is 0. The lowest BCUT2D eigenvalue weighted by molar-refractivity contribution is -0.126. The van der Waals surface area contributed by atoms with E-state index in [0.717, 1.165) is 21.3 Å². The zero-order valence-corrected chi connectivity index (χ0v) is 17.3. The van der Waals surface area contributed by atoms with Crippen molar-refractivity contribution in [3.05, 3.63) is 100 Å². The molecule has 2 aromatic carbocycles. The van der Waals surface area contributed by atoms with Crippen molar-refractivity contribution in [3.8, 4) is 5.75 Å². The van der Waals surface area contributed by atoms with Crippen LogP contribution in [0.5, 0.6) is 5.75 Å². The Morgan fingerprint density at radius 3 is 2.54 bits per heavy atom. The van der Waals surface area contributed by atoms with Gasteiger partial charge in [0.05, 0.1) is 18.8 Å². The molecule has 142 valence electrons. The molecule has 3 aromatic rings. The van der Waals surface area contributed by atoms with Crippen LogP contribution in [0.2, 0.25) is 0 Å². The minimum atomic E-state index is -0.274. The molecule has 0 aliphatic carbocycles. The normalized spacial score (nSPS) is 12.0. The van der Waals surface area contributed by atoms with Gasteiger partial charge in [-0.2, -0.15) is 0 Å². The predicted octanol–water partition coefficient (Wildman–Crippen LogP) is 5.11. The Kier molecular flexibility index (Phi) is 6.61. The fourth-order valence-electron chi connectivity index (χ4n) is 3.01. The molecule has 0 fully saturated rings. The molecule has 0 unspecified atom stereocenters. The number of likely N-dealkylation sites (N-methyl/N-ethyl adjacent to an activating group) is 1. The van der Waals surface area contributed by atoms with Crippen LogP contribution in [0, 0.1) is 0 Å². The zero-order valence-electron chi connectivity index (χ0n) is 15.7. The lowest BCUT2D eigenvalue weighted by Gasteiger charge is -2.27. The van der Waals surface area contributed by atoms with Gasteiger partial charge >= 0.3 is 0 Å². The number of methoxy groups -OCH3 is 1. The second kappa shape index (κ2) is 9.33. The summed E-state index contributed by atoms with van der Waals surface area (Å²) in [4.78, 5) is 19.1. The summed E-state index contributed by atoms with van der Waals surface area (Å²) in [5.74, 6) is 0.584. The molecule has 0 aliphatic heterocycles. The third-order valence-electron chi connectivity index (χ3n) is 4.42. The van der Waals surface area contributed by atoms with Gasteiger partial charge in [-0.25, -0.2) is 0 Å². The molecule has 1 heterocycles. The van der Waals surface area contributed by atoms with Crippen molar-refractivity contribution < 1.29 is 9.53 Å². The van der Waals surface area contributed by atoms with Gasteiger partial charge in [0.2, 0.25) is 5.91 Å². The van der Waals surface area contributed by atoms with E-state index in [1.165, 1.54) is 0 Å². The van der Waals surface area contributed by atoms with Crippen molar-refractivity contribution in [2.45, 2.75) is 6.04 Å². The highest BCUT2D eigenvalue weighted by molar-refractivity contribution is 9.10. The summed E-state index contributed by atoms with van der Waals surface area (Å²) < 4.78 is 6.29. The van der Waals surface area contributed by atoms with E-state index in [9.17, 15) is 4.79 Å². The van der Waals surface area contributed by atoms with Crippen LogP contribution in [0.3, 0.4) is 0 Å². The van der Waals surface area contributed by atoms with E-state index in [1.807, 2.05) is 66.7 Å². The molecule has 3 rings (SSSR count). The van der Waals surface area contributed by atoms with Crippen molar-refractivity contribution >= 4 is 27.9 Å². The number of hydrogen-bond acceptors (Lipinski definition) is 3. The molecule has 1 atom stereocenters. The summed E-state index contributed by atoms with van der Waals surface area (Å²) in [6.07, 6.45) is 5.07. The van der Waals surface area contributed by atoms with Crippen molar-refractivity contribution in [2.75, 3.05) is 14.2 Å². The predicted molar refractivity (Wildman–Crippen MR) is 115 cm³/mol. The number of nitrogens with zero attached hydrogens (tertiary/aromatic N) is 2. The van der Waals surface area contributed by atoms with Crippen LogP contribution in [0.25, 0.3) is 6.08 Å². The van der Waals surface area contributed by atoms with Crippen molar-refractivity contribution in [3.63, 3.8) is 0 Å². The van der Waals surface area contributed by atoms with Crippen LogP contribution in [0.15, 0.2) is 83.5 Å². The first-order valence-electron chi connectivity index (χ1n) is 8.84. The van der Waals surface area contributed by atoms with E-state index in [-0.39, 0.29) is 11.9 Å². The molecular formula is C23H21BrN2O2. The number of pyridine rings is 1. The molecule has 4 nitrogen and oxygen atoms in total. The molecule has 1 aromatic heterocycles. The highest BCUT2D eigenvalue weighted by Crippen LogP contribution is 2.27. The van der Waals surface area contributed by atoms with E-state index >= 15 is 0 Å². The van der Waals surface area contributed by atoms with Crippen molar-refractivity contribution in [2.24, 2.45) is 0 Å². The first-order chi connectivity index (χ1) is 13.6. The molecule has 0 radical (unpaired) electrons. The second-order valence-corrected chi connectivity index (χ2v) is 7.15. The third-order valence-corrected chi connectivity index (χ3v) is 4.91. The quantitative estimate of drug-likeness (QED) is 0.503. The monoisotopic (exact) mass is 436 g/mol. The minimum absolute atomic E-state index is 0.124. The van der Waals surface area contributed by atoms with Crippen LogP contribution >= 0.6 is 15.9 Å². The zero-order chi connectivity index (χ0) is 19.9. The third kappa shape index (κ3) is 4.67. The smallest absolute Gasteiger partial charge is 0.247 e. The number of carbonyl (C=O) groups is 1. The topological polar surface area (TPSA) is 42.4 Å². The molecule has 0 saturated heterocycles. The van der Waals surface area contributed by atoms with E-state index < -0.39 is 0 Å². The van der Waals surface area contributed by atoms with Gasteiger partial charge in [-0.3, -0.25) is 9.78 Å². The van der Waals surface area contributed by atoms with Gasteiger partial charge in [0.15, 0.2) is 0 Å². The van der Waals surface area contributed by atoms with Crippen molar-refractivity contribution in [1.29, 1.82) is 0 Å². The van der Waals surface area contributed by atoms with Gasteiger partial charge in [0, 0.05) is 29.4 Å². The summed E-state index contributed by atoms with van der Waals surface area (Å²) in [7, 11) is 3.40. The molecule has 5 heteroatoms. The van der Waals surface area contributed by atoms with Gasteiger partial charge in [-0.15, -0.1) is 0 Å². The summed E-state index contributed by atoms with van der Waals surface area (Å²) in [6.45, 7) is 0. The number of halogens is 1. The fourth-order valence-corrected chi connectivity index (χ4v) is 3.39. The van der Waals surface area contributed by atoms with E-state index in [4.69, 9.17) is 4.74 Å². The maximum absolute atomic E-state index is 12.9. The Hall–Kier alpha value is -2.92. The van der Waals surface area contributed by atoms with Gasteiger partial charge in [-0.1, -0.05) is 52.3 Å². The summed E-state index contributed by atoms with van der Waals surface area (Å²) in [6, 6.07) is 21.0. The molecule has 0 spiro atoms. The van der Waals surface area contributed by atoms with Crippen molar-refractivity contribution in [1.82, 2.24) is 9.88 Å². The fraction of sp³-hybridized carbons (Fsp3) is 0.130. The largest absolute Gasteiger partial charge is 0.496 e. The Morgan fingerprint density at radius 1 is 1.11 bits per heavy atom. The maximum atomic E-state index is 12.9. The Bertz CT molecular complexity index is 919. The molecule has 1 amide bonds. The van der Waals surface area contributed by atoms with Gasteiger partial charge in [-0.05, 0) is 42.0 Å². The SMILES string of the molecule is COc1ccc(Br)cc1/C=C/C(=O)N(C)[C@H](c1ccccc1)c1ccccn1. The second-order valence-electron chi connectivity index (χ2n) is 6.24. The van der Waals surface area contributed by atoms with Crippen LogP contribution < -0.4 is 4.74 Å². The van der Waals surface area contributed by atoms with Gasteiger partial charge in [0.1, 0.15) is 5.75 Å². The average molecular weight is 437 g/mol. The molecule has 0 saturated carbocycles. The number of rotatable bonds is 6. The first kappa shape index (κ1) is 19.8. The summed E-state index contributed by atoms with van der Waals surface area (Å²) in [5.41, 5.74) is 2.65. The number of aromatic nitrogens is 1. The van der Waals surface area contributed by atoms with E-state index in [0.29, 0.717) is 5.75 Å². The lowest BCUT2D eigenvalue weighted by atomic mass is 10.0. The van der Waals surface area contributed by atoms with Crippen LogP contribution in [0.1, 0.15) is 22.9 Å². The molecule has 28 heavy (non-hydrogen) atoms. The number of benzene rings is 2. The number of ether oxygens (including phenoxy) is 1. The number of hydrogen-bond donors (Lipinski definition) is 0. The van der Waals surface area contributed by atoms with Gasteiger partial charge in [0.25, 0.3) is 0 Å². The highest BCUT2D eigenvalue weighted by Gasteiger charge is 2.23. The standard InChI is InChI=1S/C23H21BrN2O2/c1-26(22(27)14-11-18-16-19(24)12-13-21(18)28-2)23(17-8-4-3-5-9-17)20-10-6-7-15-25-20/h3-16,23H,1-2H3/b14-11+/t23-/m1/s1. The highest BCUT2D eigenvalue weighted by atomic mass is 79.9. The average Bonchev–Trinajstić information content (AvgIpc) is 2.73. The Morgan fingerprint density at radius 2 is 1.86 bits per heavy atom. The lowest BCUT2D eigenvalue weighted by Crippen LogP contribution is -2.31. The van der Waals surface area contributed by atoms with Gasteiger partial charge < -0.3 is 9.64 Å². The first-order valence-corrected chi connectivity index (χ1v) is 9.63. The molecular weight excluding hydrogens is 416 g/mol. The van der Waals surface area contributed by atoms with E-state index in [1.54, 1.807) is 37.4 Å². The Labute approximate surface area is 173 Å². The molecule has 0 bridgehead atoms. The Balaban J connectivity index is 1.90. The minimum Gasteiger partial charge on any atom is -0.496 e. The summed E-state index contributed by atoms with van der Waals surface area (Å²) >= 11 is 3.45. The number of amides is 1. The van der Waals surface area contributed by atoms with Crippen LogP contribution in [0.4, 0.5) is 0 Å². The van der Waals surface area contributed by atoms with Crippen LogP contribution in [-0.4, -0.2) is 29.9 Å². The number of carbonyl (C=O) groups excluding carboxylic acids is 1. The maximum Gasteiger partial charge on any atom is 0.247 e. The van der Waals surface area contributed by atoms with E-state index in [2.05, 4.69) is 20.9 Å². The van der Waals surface area contributed by atoms with Crippen LogP contribution in [-0.2, 0) is 4.79 Å².